The monoisotopic (exact) mass is 204 g/mol. The molecule has 3 heteroatoms. The summed E-state index contributed by atoms with van der Waals surface area (Å²) in [7, 11) is 0. The number of carbonyl (C=O) groups is 1. The van der Waals surface area contributed by atoms with E-state index >= 15 is 0 Å². The van der Waals surface area contributed by atoms with Crippen LogP contribution in [0.1, 0.15) is 13.8 Å². The van der Waals surface area contributed by atoms with Crippen molar-refractivity contribution in [3.8, 4) is 12.3 Å². The molecule has 0 bridgehead atoms. The van der Waals surface area contributed by atoms with Crippen LogP contribution in [0.3, 0.4) is 0 Å². The maximum Gasteiger partial charge on any atom is 0.304 e. The van der Waals surface area contributed by atoms with Gasteiger partial charge in [0.2, 0.25) is 0 Å². The van der Waals surface area contributed by atoms with Crippen molar-refractivity contribution in [1.29, 1.82) is 0 Å². The molecule has 1 atom stereocenters. The van der Waals surface area contributed by atoms with Crippen molar-refractivity contribution in [2.45, 2.75) is 19.4 Å². The van der Waals surface area contributed by atoms with Gasteiger partial charge in [0.1, 0.15) is 0 Å². The van der Waals surface area contributed by atoms with E-state index in [1.54, 1.807) is 6.92 Å². The highest BCUT2D eigenvalue weighted by molar-refractivity contribution is 9.09. The standard InChI is InChI=1S/C7H9BrO2/c1-4-7(3,5-8)10-6(2)9/h1H,5H2,2-3H3. The fraction of sp³-hybridized carbons (Fsp3) is 0.571. The third-order valence-corrected chi connectivity index (χ3v) is 2.00. The van der Waals surface area contributed by atoms with Crippen LogP contribution in [0.4, 0.5) is 0 Å². The summed E-state index contributed by atoms with van der Waals surface area (Å²) in [4.78, 5) is 10.4. The molecule has 0 aromatic heterocycles. The molecular weight excluding hydrogens is 196 g/mol. The van der Waals surface area contributed by atoms with E-state index in [-0.39, 0.29) is 5.97 Å². The molecule has 2 nitrogen and oxygen atoms in total. The second kappa shape index (κ2) is 3.62. The van der Waals surface area contributed by atoms with Gasteiger partial charge in [0.25, 0.3) is 0 Å². The Balaban J connectivity index is 4.10. The minimum Gasteiger partial charge on any atom is -0.445 e. The molecule has 0 saturated heterocycles. The minimum atomic E-state index is -0.800. The van der Waals surface area contributed by atoms with Gasteiger partial charge in [0.15, 0.2) is 5.60 Å². The zero-order valence-electron chi connectivity index (χ0n) is 5.98. The summed E-state index contributed by atoms with van der Waals surface area (Å²) in [5.41, 5.74) is -0.800. The van der Waals surface area contributed by atoms with Crippen molar-refractivity contribution >= 4 is 21.9 Å². The van der Waals surface area contributed by atoms with Crippen molar-refractivity contribution in [2.24, 2.45) is 0 Å². The van der Waals surface area contributed by atoms with Gasteiger partial charge in [-0.15, -0.1) is 6.42 Å². The minimum absolute atomic E-state index is 0.361. The Morgan fingerprint density at radius 2 is 2.40 bits per heavy atom. The molecule has 0 aromatic carbocycles. The largest absolute Gasteiger partial charge is 0.445 e. The van der Waals surface area contributed by atoms with Crippen LogP contribution in [-0.4, -0.2) is 16.9 Å². The van der Waals surface area contributed by atoms with Crippen molar-refractivity contribution in [3.63, 3.8) is 0 Å². The predicted molar refractivity (Wildman–Crippen MR) is 42.8 cm³/mol. The van der Waals surface area contributed by atoms with Crippen LogP contribution in [-0.2, 0) is 9.53 Å². The smallest absolute Gasteiger partial charge is 0.304 e. The van der Waals surface area contributed by atoms with E-state index in [0.717, 1.165) is 0 Å². The highest BCUT2D eigenvalue weighted by atomic mass is 79.9. The second-order valence-electron chi connectivity index (χ2n) is 2.10. The van der Waals surface area contributed by atoms with Crippen molar-refractivity contribution in [1.82, 2.24) is 0 Å². The molecule has 0 radical (unpaired) electrons. The van der Waals surface area contributed by atoms with Gasteiger partial charge in [-0.2, -0.15) is 0 Å². The summed E-state index contributed by atoms with van der Waals surface area (Å²) in [5, 5.41) is 0.454. The van der Waals surface area contributed by atoms with E-state index in [9.17, 15) is 4.79 Å². The molecule has 56 valence electrons. The molecule has 0 N–H and O–H groups in total. The molecule has 0 aliphatic rings. The molecule has 0 fully saturated rings. The fourth-order valence-corrected chi connectivity index (χ4v) is 0.689. The van der Waals surface area contributed by atoms with Gasteiger partial charge in [-0.1, -0.05) is 21.9 Å². The first-order chi connectivity index (χ1) is 4.54. The maximum absolute atomic E-state index is 10.4. The summed E-state index contributed by atoms with van der Waals surface area (Å²) in [6, 6.07) is 0. The first kappa shape index (κ1) is 9.51. The Hall–Kier alpha value is -0.490. The molecule has 10 heavy (non-hydrogen) atoms. The number of alkyl halides is 1. The highest BCUT2D eigenvalue weighted by Gasteiger charge is 2.22. The lowest BCUT2D eigenvalue weighted by Crippen LogP contribution is -2.30. The zero-order valence-corrected chi connectivity index (χ0v) is 7.56. The molecule has 0 heterocycles. The topological polar surface area (TPSA) is 26.3 Å². The van der Waals surface area contributed by atoms with Crippen LogP contribution in [0.25, 0.3) is 0 Å². The van der Waals surface area contributed by atoms with E-state index in [4.69, 9.17) is 11.2 Å². The van der Waals surface area contributed by atoms with Gasteiger partial charge in [0.05, 0.1) is 5.33 Å². The zero-order chi connectivity index (χ0) is 8.20. The molecule has 1 unspecified atom stereocenters. The Labute approximate surface area is 69.1 Å². The maximum atomic E-state index is 10.4. The Kier molecular flexibility index (Phi) is 3.45. The van der Waals surface area contributed by atoms with Crippen LogP contribution in [0, 0.1) is 12.3 Å². The van der Waals surface area contributed by atoms with Crippen LogP contribution in [0.15, 0.2) is 0 Å². The molecular formula is C7H9BrO2. The third kappa shape index (κ3) is 2.88. The van der Waals surface area contributed by atoms with Gasteiger partial charge >= 0.3 is 5.97 Å². The van der Waals surface area contributed by atoms with Crippen molar-refractivity contribution in [3.05, 3.63) is 0 Å². The number of esters is 1. The van der Waals surface area contributed by atoms with Crippen LogP contribution in [0.5, 0.6) is 0 Å². The SMILES string of the molecule is C#CC(C)(CBr)OC(C)=O. The molecule has 0 amide bonds. The summed E-state index contributed by atoms with van der Waals surface area (Å²) in [6.45, 7) is 3.00. The van der Waals surface area contributed by atoms with Crippen molar-refractivity contribution < 1.29 is 9.53 Å². The van der Waals surface area contributed by atoms with E-state index < -0.39 is 5.60 Å². The Morgan fingerprint density at radius 3 is 2.50 bits per heavy atom. The van der Waals surface area contributed by atoms with Gasteiger partial charge in [-0.05, 0) is 6.92 Å². The number of rotatable bonds is 2. The third-order valence-electron chi connectivity index (χ3n) is 0.929. The highest BCUT2D eigenvalue weighted by Crippen LogP contribution is 2.11. The van der Waals surface area contributed by atoms with Gasteiger partial charge in [-0.25, -0.2) is 0 Å². The van der Waals surface area contributed by atoms with Gasteiger partial charge < -0.3 is 4.74 Å². The van der Waals surface area contributed by atoms with Crippen molar-refractivity contribution in [2.75, 3.05) is 5.33 Å². The van der Waals surface area contributed by atoms with E-state index in [0.29, 0.717) is 5.33 Å². The average Bonchev–Trinajstić information content (AvgIpc) is 1.87. The summed E-state index contributed by atoms with van der Waals surface area (Å²) in [5.74, 6) is 2.01. The molecule has 0 aliphatic heterocycles. The molecule has 0 spiro atoms. The van der Waals surface area contributed by atoms with Crippen LogP contribution < -0.4 is 0 Å². The van der Waals surface area contributed by atoms with Gasteiger partial charge in [-0.3, -0.25) is 4.79 Å². The van der Waals surface area contributed by atoms with E-state index in [2.05, 4.69) is 21.9 Å². The normalized spacial score (nSPS) is 15.0. The Morgan fingerprint density at radius 1 is 1.90 bits per heavy atom. The fourth-order valence-electron chi connectivity index (χ4n) is 0.413. The first-order valence-electron chi connectivity index (χ1n) is 2.77. The van der Waals surface area contributed by atoms with Crippen LogP contribution in [0.2, 0.25) is 0 Å². The number of hydrogen-bond donors (Lipinski definition) is 0. The first-order valence-corrected chi connectivity index (χ1v) is 3.89. The lowest BCUT2D eigenvalue weighted by Gasteiger charge is -2.19. The quantitative estimate of drug-likeness (QED) is 0.386. The Bertz CT molecular complexity index is 171. The molecule has 0 saturated carbocycles. The molecule has 0 aliphatic carbocycles. The predicted octanol–water partition coefficient (Wildman–Crippen LogP) is 1.34. The number of halogens is 1. The molecule has 0 aromatic rings. The molecule has 0 rings (SSSR count). The second-order valence-corrected chi connectivity index (χ2v) is 2.66. The lowest BCUT2D eigenvalue weighted by atomic mass is 10.1. The summed E-state index contributed by atoms with van der Waals surface area (Å²) >= 11 is 3.14. The summed E-state index contributed by atoms with van der Waals surface area (Å²) in [6.07, 6.45) is 5.11. The average molecular weight is 205 g/mol. The number of hydrogen-bond acceptors (Lipinski definition) is 2. The summed E-state index contributed by atoms with van der Waals surface area (Å²) < 4.78 is 4.81. The lowest BCUT2D eigenvalue weighted by molar-refractivity contribution is -0.148. The van der Waals surface area contributed by atoms with E-state index in [1.165, 1.54) is 6.92 Å². The van der Waals surface area contributed by atoms with E-state index in [1.807, 2.05) is 0 Å². The van der Waals surface area contributed by atoms with Gasteiger partial charge in [0, 0.05) is 6.92 Å². The number of carbonyl (C=O) groups excluding carboxylic acids is 1. The number of terminal acetylenes is 1. The van der Waals surface area contributed by atoms with Crippen LogP contribution >= 0.6 is 15.9 Å². The number of ether oxygens (including phenoxy) is 1.